The minimum Gasteiger partial charge on any atom is -0.378 e. The van der Waals surface area contributed by atoms with Gasteiger partial charge in [-0.1, -0.05) is 11.6 Å². The van der Waals surface area contributed by atoms with E-state index in [2.05, 4.69) is 20.3 Å². The lowest BCUT2D eigenvalue weighted by Gasteiger charge is -2.03. The molecule has 0 aliphatic carbocycles. The zero-order chi connectivity index (χ0) is 12.5. The van der Waals surface area contributed by atoms with Crippen LogP contribution in [-0.4, -0.2) is 15.0 Å². The standard InChI is InChI=1S/C11H9ClN4OS/c12-9-4-14-10(18-9)5-13-6-1-2-7-8(3-6)16-11(17)15-7/h1-4,13H,5H2,(H2,15,16,17). The third-order valence-corrected chi connectivity index (χ3v) is 3.60. The third kappa shape index (κ3) is 2.25. The van der Waals surface area contributed by atoms with Crippen LogP contribution in [0.4, 0.5) is 5.69 Å². The summed E-state index contributed by atoms with van der Waals surface area (Å²) in [6, 6.07) is 5.63. The molecule has 0 saturated heterocycles. The van der Waals surface area contributed by atoms with Gasteiger partial charge in [0, 0.05) is 5.69 Å². The van der Waals surface area contributed by atoms with Crippen molar-refractivity contribution in [2.45, 2.75) is 6.54 Å². The Labute approximate surface area is 111 Å². The first-order chi connectivity index (χ1) is 8.70. The van der Waals surface area contributed by atoms with E-state index >= 15 is 0 Å². The number of aromatic nitrogens is 3. The average Bonchev–Trinajstić information content (AvgIpc) is 2.90. The highest BCUT2D eigenvalue weighted by atomic mass is 35.5. The molecule has 7 heteroatoms. The Bertz CT molecular complexity index is 745. The zero-order valence-corrected chi connectivity index (χ0v) is 10.7. The highest BCUT2D eigenvalue weighted by Crippen LogP contribution is 2.20. The van der Waals surface area contributed by atoms with Crippen LogP contribution in [-0.2, 0) is 6.54 Å². The molecule has 0 radical (unpaired) electrons. The van der Waals surface area contributed by atoms with Crippen molar-refractivity contribution in [1.82, 2.24) is 15.0 Å². The summed E-state index contributed by atoms with van der Waals surface area (Å²) >= 11 is 7.25. The molecule has 2 aromatic heterocycles. The number of hydrogen-bond acceptors (Lipinski definition) is 4. The van der Waals surface area contributed by atoms with Crippen molar-refractivity contribution >= 4 is 39.7 Å². The molecule has 3 N–H and O–H groups in total. The van der Waals surface area contributed by atoms with Gasteiger partial charge in [0.1, 0.15) is 9.34 Å². The van der Waals surface area contributed by atoms with Crippen LogP contribution in [0.1, 0.15) is 5.01 Å². The second-order valence-electron chi connectivity index (χ2n) is 3.75. The van der Waals surface area contributed by atoms with Gasteiger partial charge in [0.2, 0.25) is 0 Å². The molecular weight excluding hydrogens is 272 g/mol. The first-order valence-corrected chi connectivity index (χ1v) is 6.46. The van der Waals surface area contributed by atoms with E-state index in [9.17, 15) is 4.79 Å². The van der Waals surface area contributed by atoms with Gasteiger partial charge in [0.25, 0.3) is 0 Å². The summed E-state index contributed by atoms with van der Waals surface area (Å²) in [6.45, 7) is 0.609. The number of benzene rings is 1. The van der Waals surface area contributed by atoms with E-state index in [0.29, 0.717) is 10.9 Å². The number of aromatic amines is 2. The Morgan fingerprint density at radius 1 is 1.33 bits per heavy atom. The fourth-order valence-electron chi connectivity index (χ4n) is 1.69. The molecule has 0 saturated carbocycles. The molecule has 2 heterocycles. The van der Waals surface area contributed by atoms with Crippen molar-refractivity contribution in [3.63, 3.8) is 0 Å². The number of fused-ring (bicyclic) bond motifs is 1. The zero-order valence-electron chi connectivity index (χ0n) is 9.16. The molecule has 0 spiro atoms. The molecule has 0 amide bonds. The first kappa shape index (κ1) is 11.3. The van der Waals surface area contributed by atoms with E-state index in [4.69, 9.17) is 11.6 Å². The van der Waals surface area contributed by atoms with E-state index < -0.39 is 0 Å². The van der Waals surface area contributed by atoms with Gasteiger partial charge in [-0.25, -0.2) is 9.78 Å². The molecule has 0 aliphatic heterocycles. The number of thiazole rings is 1. The maximum absolute atomic E-state index is 11.1. The van der Waals surface area contributed by atoms with Crippen LogP contribution in [0.25, 0.3) is 11.0 Å². The van der Waals surface area contributed by atoms with Gasteiger partial charge in [0.05, 0.1) is 23.8 Å². The number of nitrogens with zero attached hydrogens (tertiary/aromatic N) is 1. The predicted octanol–water partition coefficient (Wildman–Crippen LogP) is 2.58. The van der Waals surface area contributed by atoms with Crippen LogP contribution in [0.15, 0.2) is 29.2 Å². The maximum atomic E-state index is 11.1. The second-order valence-corrected chi connectivity index (χ2v) is 5.50. The predicted molar refractivity (Wildman–Crippen MR) is 73.4 cm³/mol. The van der Waals surface area contributed by atoms with Gasteiger partial charge in [-0.15, -0.1) is 11.3 Å². The van der Waals surface area contributed by atoms with Gasteiger partial charge in [-0.05, 0) is 18.2 Å². The summed E-state index contributed by atoms with van der Waals surface area (Å²) in [5.41, 5.74) is 2.29. The number of anilines is 1. The van der Waals surface area contributed by atoms with Crippen LogP contribution in [0, 0.1) is 0 Å². The van der Waals surface area contributed by atoms with Crippen LogP contribution in [0.3, 0.4) is 0 Å². The van der Waals surface area contributed by atoms with Crippen LogP contribution < -0.4 is 11.0 Å². The molecule has 92 valence electrons. The smallest absolute Gasteiger partial charge is 0.323 e. The van der Waals surface area contributed by atoms with E-state index in [1.54, 1.807) is 6.20 Å². The van der Waals surface area contributed by atoms with E-state index in [1.165, 1.54) is 11.3 Å². The van der Waals surface area contributed by atoms with Crippen LogP contribution >= 0.6 is 22.9 Å². The first-order valence-electron chi connectivity index (χ1n) is 5.27. The Morgan fingerprint density at radius 3 is 2.94 bits per heavy atom. The van der Waals surface area contributed by atoms with E-state index in [1.807, 2.05) is 18.2 Å². The van der Waals surface area contributed by atoms with Crippen molar-refractivity contribution in [3.8, 4) is 0 Å². The minimum absolute atomic E-state index is 0.200. The second kappa shape index (κ2) is 4.47. The molecule has 18 heavy (non-hydrogen) atoms. The number of hydrogen-bond donors (Lipinski definition) is 3. The van der Waals surface area contributed by atoms with E-state index in [-0.39, 0.29) is 5.69 Å². The average molecular weight is 281 g/mol. The third-order valence-electron chi connectivity index (χ3n) is 2.49. The molecule has 0 atom stereocenters. The summed E-state index contributed by atoms with van der Waals surface area (Å²) in [5, 5.41) is 4.15. The van der Waals surface area contributed by atoms with Crippen molar-refractivity contribution in [2.75, 3.05) is 5.32 Å². The van der Waals surface area contributed by atoms with Gasteiger partial charge in [-0.3, -0.25) is 0 Å². The molecule has 3 rings (SSSR count). The molecule has 0 fully saturated rings. The lowest BCUT2D eigenvalue weighted by Crippen LogP contribution is -1.99. The van der Waals surface area contributed by atoms with Crippen LogP contribution in [0.2, 0.25) is 4.34 Å². The van der Waals surface area contributed by atoms with Gasteiger partial charge in [-0.2, -0.15) is 0 Å². The molecule has 0 unspecified atom stereocenters. The lowest BCUT2D eigenvalue weighted by molar-refractivity contribution is 1.10. The number of H-pyrrole nitrogens is 2. The number of halogens is 1. The van der Waals surface area contributed by atoms with Gasteiger partial charge in [0.15, 0.2) is 0 Å². The van der Waals surface area contributed by atoms with Crippen molar-refractivity contribution in [3.05, 3.63) is 44.2 Å². The number of rotatable bonds is 3. The monoisotopic (exact) mass is 280 g/mol. The normalized spacial score (nSPS) is 10.9. The largest absolute Gasteiger partial charge is 0.378 e. The summed E-state index contributed by atoms with van der Waals surface area (Å²) < 4.78 is 0.678. The minimum atomic E-state index is -0.200. The fourth-order valence-corrected chi connectivity index (χ4v) is 2.59. The summed E-state index contributed by atoms with van der Waals surface area (Å²) in [6.07, 6.45) is 1.63. The molecule has 0 bridgehead atoms. The molecule has 3 aromatic rings. The Balaban J connectivity index is 1.80. The van der Waals surface area contributed by atoms with Crippen LogP contribution in [0.5, 0.6) is 0 Å². The summed E-state index contributed by atoms with van der Waals surface area (Å²) in [5.74, 6) is 0. The Kier molecular flexibility index (Phi) is 2.81. The summed E-state index contributed by atoms with van der Waals surface area (Å²) in [4.78, 5) is 20.7. The highest BCUT2D eigenvalue weighted by molar-refractivity contribution is 7.15. The Hall–Kier alpha value is -1.79. The quantitative estimate of drug-likeness (QED) is 0.690. The number of nitrogens with one attached hydrogen (secondary N) is 3. The lowest BCUT2D eigenvalue weighted by atomic mass is 10.3. The van der Waals surface area contributed by atoms with Crippen molar-refractivity contribution < 1.29 is 0 Å². The van der Waals surface area contributed by atoms with Crippen molar-refractivity contribution in [1.29, 1.82) is 0 Å². The SMILES string of the molecule is O=c1[nH]c2ccc(NCc3ncc(Cl)s3)cc2[nH]1. The maximum Gasteiger partial charge on any atom is 0.323 e. The number of imidazole rings is 1. The van der Waals surface area contributed by atoms with Gasteiger partial charge >= 0.3 is 5.69 Å². The molecule has 5 nitrogen and oxygen atoms in total. The molecule has 0 aliphatic rings. The Morgan fingerprint density at radius 2 is 2.17 bits per heavy atom. The van der Waals surface area contributed by atoms with Gasteiger partial charge < -0.3 is 15.3 Å². The summed E-state index contributed by atoms with van der Waals surface area (Å²) in [7, 11) is 0. The topological polar surface area (TPSA) is 73.6 Å². The van der Waals surface area contributed by atoms with E-state index in [0.717, 1.165) is 21.7 Å². The fraction of sp³-hybridized carbons (Fsp3) is 0.0909. The molecular formula is C11H9ClN4OS. The van der Waals surface area contributed by atoms with Crippen molar-refractivity contribution in [2.24, 2.45) is 0 Å². The molecule has 1 aromatic carbocycles. The highest BCUT2D eigenvalue weighted by Gasteiger charge is 2.02.